The quantitative estimate of drug-likeness (QED) is 0.555. The molecule has 6 heteroatoms. The molecule has 6 nitrogen and oxygen atoms in total. The van der Waals surface area contributed by atoms with Crippen LogP contribution in [0.25, 0.3) is 16.6 Å². The van der Waals surface area contributed by atoms with Gasteiger partial charge in [-0.1, -0.05) is 12.5 Å². The van der Waals surface area contributed by atoms with Crippen LogP contribution in [0.1, 0.15) is 31.5 Å². The zero-order chi connectivity index (χ0) is 20.9. The molecule has 1 fully saturated rings. The molecule has 3 aromatic rings. The zero-order valence-electron chi connectivity index (χ0n) is 17.8. The number of aromatic nitrogens is 2. The van der Waals surface area contributed by atoms with E-state index in [1.54, 1.807) is 17.7 Å². The first-order valence-electron chi connectivity index (χ1n) is 10.7. The summed E-state index contributed by atoms with van der Waals surface area (Å²) in [5, 5.41) is 0.489. The molecule has 0 unspecified atom stereocenters. The van der Waals surface area contributed by atoms with Gasteiger partial charge in [0.15, 0.2) is 0 Å². The number of hydrogen-bond acceptors (Lipinski definition) is 5. The third-order valence-corrected chi connectivity index (χ3v) is 5.68. The molecule has 0 atom stereocenters. The summed E-state index contributed by atoms with van der Waals surface area (Å²) in [6.07, 6.45) is 5.02. The number of fused-ring (bicyclic) bond motifs is 1. The van der Waals surface area contributed by atoms with Crippen LogP contribution in [0.2, 0.25) is 0 Å². The Morgan fingerprint density at radius 1 is 1.03 bits per heavy atom. The van der Waals surface area contributed by atoms with Crippen LogP contribution in [0.3, 0.4) is 0 Å². The molecule has 1 aliphatic heterocycles. The third-order valence-electron chi connectivity index (χ3n) is 5.68. The summed E-state index contributed by atoms with van der Waals surface area (Å²) in [5.74, 6) is 1.98. The first kappa shape index (κ1) is 20.4. The van der Waals surface area contributed by atoms with Crippen molar-refractivity contribution in [2.24, 2.45) is 0 Å². The molecular weight excluding hydrogens is 378 g/mol. The van der Waals surface area contributed by atoms with Crippen molar-refractivity contribution in [1.29, 1.82) is 0 Å². The summed E-state index contributed by atoms with van der Waals surface area (Å²) in [7, 11) is 1.57. The smallest absolute Gasteiger partial charge is 0.269 e. The van der Waals surface area contributed by atoms with E-state index < -0.39 is 0 Å². The highest BCUT2D eigenvalue weighted by Gasteiger charge is 2.14. The maximum absolute atomic E-state index is 13.2. The van der Waals surface area contributed by atoms with Crippen molar-refractivity contribution < 1.29 is 9.47 Å². The van der Waals surface area contributed by atoms with E-state index in [2.05, 4.69) is 9.88 Å². The van der Waals surface area contributed by atoms with Gasteiger partial charge in [0, 0.05) is 6.54 Å². The SMILES string of the molecule is COc1cccc2nc(C)n(-c3ccc(OCCCN4CCCCC4)cc3)c(=O)c12. The van der Waals surface area contributed by atoms with Crippen LogP contribution < -0.4 is 15.0 Å². The minimum Gasteiger partial charge on any atom is -0.496 e. The van der Waals surface area contributed by atoms with Gasteiger partial charge in [-0.25, -0.2) is 4.98 Å². The molecule has 0 bridgehead atoms. The lowest BCUT2D eigenvalue weighted by atomic mass is 10.1. The zero-order valence-corrected chi connectivity index (χ0v) is 17.8. The highest BCUT2D eigenvalue weighted by atomic mass is 16.5. The maximum atomic E-state index is 13.2. The molecule has 0 amide bonds. The molecule has 0 spiro atoms. The predicted molar refractivity (Wildman–Crippen MR) is 119 cm³/mol. The van der Waals surface area contributed by atoms with Crippen LogP contribution in [-0.2, 0) is 0 Å². The maximum Gasteiger partial charge on any atom is 0.269 e. The highest BCUT2D eigenvalue weighted by molar-refractivity contribution is 5.84. The van der Waals surface area contributed by atoms with E-state index in [9.17, 15) is 4.79 Å². The highest BCUT2D eigenvalue weighted by Crippen LogP contribution is 2.23. The van der Waals surface area contributed by atoms with Gasteiger partial charge in [-0.2, -0.15) is 0 Å². The summed E-state index contributed by atoms with van der Waals surface area (Å²) in [5.41, 5.74) is 1.27. The van der Waals surface area contributed by atoms with Gasteiger partial charge in [0.25, 0.3) is 5.56 Å². The van der Waals surface area contributed by atoms with Crippen LogP contribution >= 0.6 is 0 Å². The Balaban J connectivity index is 1.47. The molecule has 1 aliphatic rings. The van der Waals surface area contributed by atoms with Crippen LogP contribution in [0.15, 0.2) is 47.3 Å². The van der Waals surface area contributed by atoms with Crippen molar-refractivity contribution in [3.63, 3.8) is 0 Å². The molecule has 1 aromatic heterocycles. The third kappa shape index (κ3) is 4.33. The number of hydrogen-bond donors (Lipinski definition) is 0. The fourth-order valence-electron chi connectivity index (χ4n) is 4.14. The lowest BCUT2D eigenvalue weighted by molar-refractivity contribution is 0.205. The molecule has 2 aromatic carbocycles. The fourth-order valence-corrected chi connectivity index (χ4v) is 4.14. The summed E-state index contributed by atoms with van der Waals surface area (Å²) < 4.78 is 12.9. The largest absolute Gasteiger partial charge is 0.496 e. The first-order chi connectivity index (χ1) is 14.7. The van der Waals surface area contributed by atoms with Crippen molar-refractivity contribution in [2.75, 3.05) is 33.4 Å². The van der Waals surface area contributed by atoms with Gasteiger partial charge in [0.1, 0.15) is 22.7 Å². The van der Waals surface area contributed by atoms with Crippen molar-refractivity contribution in [3.05, 3.63) is 58.6 Å². The summed E-state index contributed by atoms with van der Waals surface area (Å²) in [4.78, 5) is 20.3. The van der Waals surface area contributed by atoms with Gasteiger partial charge in [0.2, 0.25) is 0 Å². The molecule has 0 radical (unpaired) electrons. The lowest BCUT2D eigenvalue weighted by Gasteiger charge is -2.26. The van der Waals surface area contributed by atoms with Crippen molar-refractivity contribution in [1.82, 2.24) is 14.5 Å². The standard InChI is InChI=1S/C24H29N3O3/c1-18-25-21-8-6-9-22(29-2)23(21)24(28)27(18)19-10-12-20(13-11-19)30-17-7-16-26-14-4-3-5-15-26/h6,8-13H,3-5,7,14-17H2,1-2H3. The molecular formula is C24H29N3O3. The normalized spacial score (nSPS) is 14.7. The van der Waals surface area contributed by atoms with Crippen molar-refractivity contribution in [2.45, 2.75) is 32.6 Å². The van der Waals surface area contributed by atoms with E-state index in [1.165, 1.54) is 32.4 Å². The van der Waals surface area contributed by atoms with Gasteiger partial charge < -0.3 is 14.4 Å². The summed E-state index contributed by atoms with van der Waals surface area (Å²) in [6.45, 7) is 6.06. The molecule has 0 saturated carbocycles. The first-order valence-corrected chi connectivity index (χ1v) is 10.7. The van der Waals surface area contributed by atoms with E-state index in [4.69, 9.17) is 9.47 Å². The minimum absolute atomic E-state index is 0.134. The lowest BCUT2D eigenvalue weighted by Crippen LogP contribution is -2.31. The van der Waals surface area contributed by atoms with Crippen molar-refractivity contribution >= 4 is 10.9 Å². The Morgan fingerprint density at radius 2 is 1.80 bits per heavy atom. The van der Waals surface area contributed by atoms with E-state index in [0.717, 1.165) is 24.4 Å². The Hall–Kier alpha value is -2.86. The second-order valence-corrected chi connectivity index (χ2v) is 7.75. The van der Waals surface area contributed by atoms with Crippen LogP contribution in [0.4, 0.5) is 0 Å². The second kappa shape index (κ2) is 9.30. The number of benzene rings is 2. The average Bonchev–Trinajstić information content (AvgIpc) is 2.78. The summed E-state index contributed by atoms with van der Waals surface area (Å²) >= 11 is 0. The number of piperidine rings is 1. The van der Waals surface area contributed by atoms with E-state index in [0.29, 0.717) is 29.1 Å². The Labute approximate surface area is 177 Å². The molecule has 0 N–H and O–H groups in total. The van der Waals surface area contributed by atoms with Gasteiger partial charge in [-0.3, -0.25) is 9.36 Å². The van der Waals surface area contributed by atoms with Gasteiger partial charge in [-0.05, 0) is 75.7 Å². The number of aryl methyl sites for hydroxylation is 1. The van der Waals surface area contributed by atoms with Crippen LogP contribution in [-0.4, -0.2) is 47.8 Å². The number of rotatable bonds is 7. The number of likely N-dealkylation sites (tertiary alicyclic amines) is 1. The average molecular weight is 408 g/mol. The topological polar surface area (TPSA) is 56.6 Å². The number of ether oxygens (including phenoxy) is 2. The van der Waals surface area contributed by atoms with Crippen molar-refractivity contribution in [3.8, 4) is 17.2 Å². The van der Waals surface area contributed by atoms with Gasteiger partial charge >= 0.3 is 0 Å². The molecule has 4 rings (SSSR count). The van der Waals surface area contributed by atoms with Gasteiger partial charge in [-0.15, -0.1) is 0 Å². The Morgan fingerprint density at radius 3 is 2.53 bits per heavy atom. The molecule has 2 heterocycles. The van der Waals surface area contributed by atoms with E-state index in [1.807, 2.05) is 43.3 Å². The molecule has 0 aliphatic carbocycles. The number of nitrogens with zero attached hydrogens (tertiary/aromatic N) is 3. The van der Waals surface area contributed by atoms with Gasteiger partial charge in [0.05, 0.1) is 24.9 Å². The van der Waals surface area contributed by atoms with E-state index in [-0.39, 0.29) is 5.56 Å². The fraction of sp³-hybridized carbons (Fsp3) is 0.417. The summed E-state index contributed by atoms with van der Waals surface area (Å²) in [6, 6.07) is 13.1. The molecule has 158 valence electrons. The molecule has 1 saturated heterocycles. The van der Waals surface area contributed by atoms with Crippen LogP contribution in [0, 0.1) is 6.92 Å². The molecule has 30 heavy (non-hydrogen) atoms. The Bertz CT molecular complexity index is 1050. The van der Waals surface area contributed by atoms with E-state index >= 15 is 0 Å². The number of methoxy groups -OCH3 is 1. The minimum atomic E-state index is -0.134. The second-order valence-electron chi connectivity index (χ2n) is 7.75. The Kier molecular flexibility index (Phi) is 6.33. The van der Waals surface area contributed by atoms with Crippen LogP contribution in [0.5, 0.6) is 11.5 Å². The predicted octanol–water partition coefficient (Wildman–Crippen LogP) is 3.96. The monoisotopic (exact) mass is 407 g/mol.